The molecule has 0 bridgehead atoms. The molecule has 3 unspecified atom stereocenters. The molecule has 4 rings (SSSR count). The lowest BCUT2D eigenvalue weighted by Gasteiger charge is -2.53. The number of ketones is 1. The van der Waals surface area contributed by atoms with E-state index in [0.717, 1.165) is 44.9 Å². The van der Waals surface area contributed by atoms with E-state index in [0.29, 0.717) is 11.8 Å². The van der Waals surface area contributed by atoms with Crippen LogP contribution in [-0.2, 0) is 4.79 Å². The van der Waals surface area contributed by atoms with Gasteiger partial charge in [-0.1, -0.05) is 37.1 Å². The predicted molar refractivity (Wildman–Crippen MR) is 93.3 cm³/mol. The number of allylic oxidation sites excluding steroid dienone is 3. The Morgan fingerprint density at radius 1 is 1.25 bits per heavy atom. The van der Waals surface area contributed by atoms with Crippen molar-refractivity contribution < 1.29 is 15.0 Å². The monoisotopic (exact) mass is 330 g/mol. The van der Waals surface area contributed by atoms with Crippen molar-refractivity contribution in [1.29, 1.82) is 0 Å². The molecule has 0 aromatic carbocycles. The maximum atomic E-state index is 12.3. The van der Waals surface area contributed by atoms with E-state index in [-0.39, 0.29) is 35.2 Å². The first kappa shape index (κ1) is 16.5. The Labute approximate surface area is 144 Å². The lowest BCUT2D eigenvalue weighted by molar-refractivity contribution is -0.129. The van der Waals surface area contributed by atoms with E-state index in [2.05, 4.69) is 26.0 Å². The molecule has 0 amide bonds. The van der Waals surface area contributed by atoms with Gasteiger partial charge in [0.25, 0.3) is 0 Å². The van der Waals surface area contributed by atoms with E-state index in [4.69, 9.17) is 0 Å². The van der Waals surface area contributed by atoms with Gasteiger partial charge in [-0.25, -0.2) is 0 Å². The fourth-order valence-corrected chi connectivity index (χ4v) is 6.64. The second-order valence-corrected chi connectivity index (χ2v) is 9.01. The summed E-state index contributed by atoms with van der Waals surface area (Å²) < 4.78 is 0. The Hall–Kier alpha value is -0.930. The van der Waals surface area contributed by atoms with Gasteiger partial charge in [0.05, 0.1) is 6.10 Å². The van der Waals surface area contributed by atoms with E-state index >= 15 is 0 Å². The zero-order chi connectivity index (χ0) is 17.1. The van der Waals surface area contributed by atoms with Crippen LogP contribution in [0.4, 0.5) is 0 Å². The van der Waals surface area contributed by atoms with Crippen molar-refractivity contribution in [3.05, 3.63) is 23.3 Å². The van der Waals surface area contributed by atoms with E-state index < -0.39 is 0 Å². The number of fused-ring (bicyclic) bond motifs is 5. The quantitative estimate of drug-likeness (QED) is 0.763. The number of hydrogen-bond donors (Lipinski definition) is 2. The van der Waals surface area contributed by atoms with Gasteiger partial charge >= 0.3 is 0 Å². The maximum absolute atomic E-state index is 12.3. The average Bonchev–Trinajstić information content (AvgIpc) is 2.92. The highest BCUT2D eigenvalue weighted by atomic mass is 16.3. The van der Waals surface area contributed by atoms with E-state index in [1.165, 1.54) is 5.57 Å². The van der Waals surface area contributed by atoms with Gasteiger partial charge in [0.15, 0.2) is 5.78 Å². The SMILES string of the molecule is C[C@]12CCC(O)C=C1CCC1C2=CC[C@@]2(C)C1CC[C@@H]2C(=O)CO. The summed E-state index contributed by atoms with van der Waals surface area (Å²) in [4.78, 5) is 12.3. The summed E-state index contributed by atoms with van der Waals surface area (Å²) >= 11 is 0. The standard InChI is InChI=1S/C21H30O3/c1-20-9-7-14(23)11-13(20)3-4-15-16-5-6-18(19(24)12-22)21(16,2)10-8-17(15)20/h8,11,14-16,18,22-23H,3-7,9-10,12H2,1-2H3/t14?,15?,16?,18-,20+,21+/m1/s1. The number of hydrogen-bond acceptors (Lipinski definition) is 3. The maximum Gasteiger partial charge on any atom is 0.161 e. The van der Waals surface area contributed by atoms with Crippen molar-refractivity contribution in [2.45, 2.75) is 64.9 Å². The van der Waals surface area contributed by atoms with Gasteiger partial charge in [-0.15, -0.1) is 0 Å². The van der Waals surface area contributed by atoms with Crippen molar-refractivity contribution in [3.8, 4) is 0 Å². The molecule has 4 aliphatic rings. The summed E-state index contributed by atoms with van der Waals surface area (Å²) in [6.45, 7) is 4.35. The highest BCUT2D eigenvalue weighted by Gasteiger charge is 2.57. The Morgan fingerprint density at radius 3 is 2.79 bits per heavy atom. The van der Waals surface area contributed by atoms with Gasteiger partial charge in [0, 0.05) is 11.3 Å². The predicted octanol–water partition coefficient (Wildman–Crippen LogP) is 3.41. The number of rotatable bonds is 2. The molecule has 3 nitrogen and oxygen atoms in total. The van der Waals surface area contributed by atoms with Crippen LogP contribution in [0.15, 0.2) is 23.3 Å². The van der Waals surface area contributed by atoms with Crippen LogP contribution in [0.25, 0.3) is 0 Å². The molecule has 0 aromatic heterocycles. The van der Waals surface area contributed by atoms with Crippen LogP contribution in [0.5, 0.6) is 0 Å². The Kier molecular flexibility index (Phi) is 3.81. The smallest absolute Gasteiger partial charge is 0.161 e. The van der Waals surface area contributed by atoms with Crippen molar-refractivity contribution in [2.75, 3.05) is 6.61 Å². The third-order valence-corrected chi connectivity index (χ3v) is 8.01. The van der Waals surface area contributed by atoms with Crippen LogP contribution in [-0.4, -0.2) is 28.7 Å². The topological polar surface area (TPSA) is 57.5 Å². The number of aliphatic hydroxyl groups is 2. The van der Waals surface area contributed by atoms with Gasteiger partial charge in [0.1, 0.15) is 6.61 Å². The summed E-state index contributed by atoms with van der Waals surface area (Å²) in [5, 5.41) is 19.4. The lowest BCUT2D eigenvalue weighted by Crippen LogP contribution is -2.46. The zero-order valence-corrected chi connectivity index (χ0v) is 14.9. The minimum atomic E-state index is -0.309. The molecule has 4 aliphatic carbocycles. The molecular formula is C21H30O3. The summed E-state index contributed by atoms with van der Waals surface area (Å²) in [5.74, 6) is 1.23. The fourth-order valence-electron chi connectivity index (χ4n) is 6.64. The zero-order valence-electron chi connectivity index (χ0n) is 14.9. The summed E-state index contributed by atoms with van der Waals surface area (Å²) in [7, 11) is 0. The van der Waals surface area contributed by atoms with E-state index in [9.17, 15) is 15.0 Å². The van der Waals surface area contributed by atoms with E-state index in [1.54, 1.807) is 5.57 Å². The Balaban J connectivity index is 1.70. The summed E-state index contributed by atoms with van der Waals surface area (Å²) in [6.07, 6.45) is 11.4. The molecule has 0 aromatic rings. The molecule has 0 radical (unpaired) electrons. The second kappa shape index (κ2) is 5.54. The number of carbonyl (C=O) groups is 1. The molecular weight excluding hydrogens is 300 g/mol. The number of Topliss-reactive ketones (excluding diaryl/α,β-unsaturated/α-hetero) is 1. The molecule has 2 fully saturated rings. The summed E-state index contributed by atoms with van der Waals surface area (Å²) in [5.41, 5.74) is 3.18. The molecule has 132 valence electrons. The molecule has 0 aliphatic heterocycles. The van der Waals surface area contributed by atoms with Crippen molar-refractivity contribution >= 4 is 5.78 Å². The number of carbonyl (C=O) groups excluding carboxylic acids is 1. The van der Waals surface area contributed by atoms with Crippen molar-refractivity contribution in [3.63, 3.8) is 0 Å². The highest BCUT2D eigenvalue weighted by molar-refractivity contribution is 5.83. The van der Waals surface area contributed by atoms with Crippen LogP contribution in [0.2, 0.25) is 0 Å². The fraction of sp³-hybridized carbons (Fsp3) is 0.762. The minimum absolute atomic E-state index is 0.0275. The first-order valence-electron chi connectivity index (χ1n) is 9.63. The van der Waals surface area contributed by atoms with Crippen LogP contribution >= 0.6 is 0 Å². The van der Waals surface area contributed by atoms with Gasteiger partial charge in [0.2, 0.25) is 0 Å². The molecule has 0 saturated heterocycles. The highest BCUT2D eigenvalue weighted by Crippen LogP contribution is 2.64. The van der Waals surface area contributed by atoms with Gasteiger partial charge in [-0.3, -0.25) is 4.79 Å². The van der Waals surface area contributed by atoms with Gasteiger partial charge < -0.3 is 10.2 Å². The van der Waals surface area contributed by atoms with Crippen LogP contribution in [0.1, 0.15) is 58.8 Å². The molecule has 2 N–H and O–H groups in total. The van der Waals surface area contributed by atoms with Crippen LogP contribution < -0.4 is 0 Å². The van der Waals surface area contributed by atoms with E-state index in [1.807, 2.05) is 0 Å². The largest absolute Gasteiger partial charge is 0.389 e. The Morgan fingerprint density at radius 2 is 2.04 bits per heavy atom. The molecule has 0 heterocycles. The average molecular weight is 330 g/mol. The van der Waals surface area contributed by atoms with Gasteiger partial charge in [-0.2, -0.15) is 0 Å². The molecule has 3 heteroatoms. The minimum Gasteiger partial charge on any atom is -0.389 e. The third-order valence-electron chi connectivity index (χ3n) is 8.01. The third kappa shape index (κ3) is 2.13. The van der Waals surface area contributed by atoms with Crippen LogP contribution in [0.3, 0.4) is 0 Å². The summed E-state index contributed by atoms with van der Waals surface area (Å²) in [6, 6.07) is 0. The number of aliphatic hydroxyl groups excluding tert-OH is 2. The lowest BCUT2D eigenvalue weighted by atomic mass is 9.51. The second-order valence-electron chi connectivity index (χ2n) is 9.01. The Bertz CT molecular complexity index is 619. The molecule has 2 saturated carbocycles. The van der Waals surface area contributed by atoms with Crippen molar-refractivity contribution in [2.24, 2.45) is 28.6 Å². The molecule has 6 atom stereocenters. The van der Waals surface area contributed by atoms with Crippen molar-refractivity contribution in [1.82, 2.24) is 0 Å². The first-order chi connectivity index (χ1) is 11.4. The van der Waals surface area contributed by atoms with Gasteiger partial charge in [-0.05, 0) is 62.2 Å². The normalized spacial score (nSPS) is 47.2. The first-order valence-corrected chi connectivity index (χ1v) is 9.63. The molecule has 24 heavy (non-hydrogen) atoms. The molecule has 0 spiro atoms. The van der Waals surface area contributed by atoms with Crippen LogP contribution in [0, 0.1) is 28.6 Å².